The number of benzene rings is 1. The van der Waals surface area contributed by atoms with E-state index in [1.54, 1.807) is 0 Å². The molecule has 0 aliphatic rings. The first-order chi connectivity index (χ1) is 8.06. The summed E-state index contributed by atoms with van der Waals surface area (Å²) in [5.74, 6) is -3.54. The van der Waals surface area contributed by atoms with Gasteiger partial charge >= 0.3 is 0 Å². The summed E-state index contributed by atoms with van der Waals surface area (Å²) in [6, 6.07) is 2.59. The van der Waals surface area contributed by atoms with Crippen LogP contribution in [-0.2, 0) is 0 Å². The first-order valence-electron chi connectivity index (χ1n) is 4.37. The van der Waals surface area contributed by atoms with E-state index >= 15 is 0 Å². The van der Waals surface area contributed by atoms with E-state index in [0.29, 0.717) is 6.07 Å². The summed E-state index contributed by atoms with van der Waals surface area (Å²) in [5, 5.41) is -0.246. The number of ether oxygens (including phenoxy) is 1. The predicted molar refractivity (Wildman–Crippen MR) is 53.4 cm³/mol. The third kappa shape index (κ3) is 2.65. The van der Waals surface area contributed by atoms with Crippen molar-refractivity contribution in [3.05, 3.63) is 47.1 Å². The van der Waals surface area contributed by atoms with E-state index in [1.807, 2.05) is 0 Å². The second kappa shape index (κ2) is 4.58. The standard InChI is InChI=1S/C10H4ClF3N2O/c11-10-15-4-7(14)9(16-10)17-8-2-1-5(12)3-6(8)13/h1-4H. The van der Waals surface area contributed by atoms with Gasteiger partial charge in [0, 0.05) is 6.07 Å². The van der Waals surface area contributed by atoms with Gasteiger partial charge in [0.1, 0.15) is 5.82 Å². The molecule has 0 bridgehead atoms. The van der Waals surface area contributed by atoms with Crippen LogP contribution in [0.15, 0.2) is 24.4 Å². The summed E-state index contributed by atoms with van der Waals surface area (Å²) < 4.78 is 43.8. The van der Waals surface area contributed by atoms with Crippen LogP contribution < -0.4 is 4.74 Å². The Morgan fingerprint density at radius 2 is 1.88 bits per heavy atom. The van der Waals surface area contributed by atoms with E-state index < -0.39 is 23.3 Å². The average Bonchev–Trinajstić information content (AvgIpc) is 2.27. The molecule has 0 aliphatic heterocycles. The molecular formula is C10H4ClF3N2O. The highest BCUT2D eigenvalue weighted by atomic mass is 35.5. The lowest BCUT2D eigenvalue weighted by Crippen LogP contribution is -1.96. The maximum atomic E-state index is 13.2. The Hall–Kier alpha value is -1.82. The molecule has 0 spiro atoms. The normalized spacial score (nSPS) is 10.4. The van der Waals surface area contributed by atoms with Crippen molar-refractivity contribution >= 4 is 11.6 Å². The number of rotatable bonds is 2. The quantitative estimate of drug-likeness (QED) is 0.777. The largest absolute Gasteiger partial charge is 0.433 e. The minimum atomic E-state index is -0.973. The van der Waals surface area contributed by atoms with Crippen molar-refractivity contribution in [2.45, 2.75) is 0 Å². The van der Waals surface area contributed by atoms with Crippen LogP contribution in [0, 0.1) is 17.5 Å². The van der Waals surface area contributed by atoms with E-state index in [0.717, 1.165) is 18.3 Å². The van der Waals surface area contributed by atoms with E-state index in [9.17, 15) is 13.2 Å². The van der Waals surface area contributed by atoms with Gasteiger partial charge in [-0.15, -0.1) is 0 Å². The van der Waals surface area contributed by atoms with Crippen LogP contribution in [0.1, 0.15) is 0 Å². The first-order valence-corrected chi connectivity index (χ1v) is 4.75. The molecule has 0 fully saturated rings. The minimum absolute atomic E-state index is 0.246. The Kier molecular flexibility index (Phi) is 3.14. The van der Waals surface area contributed by atoms with Gasteiger partial charge in [-0.25, -0.2) is 13.8 Å². The molecular weight excluding hydrogens is 257 g/mol. The summed E-state index contributed by atoms with van der Waals surface area (Å²) in [7, 11) is 0. The third-order valence-corrected chi connectivity index (χ3v) is 1.97. The molecule has 7 heteroatoms. The van der Waals surface area contributed by atoms with E-state index in [2.05, 4.69) is 9.97 Å². The maximum absolute atomic E-state index is 13.2. The van der Waals surface area contributed by atoms with Gasteiger partial charge in [0.05, 0.1) is 6.20 Å². The van der Waals surface area contributed by atoms with Gasteiger partial charge in [-0.3, -0.25) is 0 Å². The van der Waals surface area contributed by atoms with E-state index in [-0.39, 0.29) is 11.0 Å². The summed E-state index contributed by atoms with van der Waals surface area (Å²) in [5.41, 5.74) is 0. The van der Waals surface area contributed by atoms with E-state index in [1.165, 1.54) is 0 Å². The molecule has 1 aromatic carbocycles. The van der Waals surface area contributed by atoms with Gasteiger partial charge in [-0.2, -0.15) is 9.37 Å². The van der Waals surface area contributed by atoms with Crippen LogP contribution in [0.4, 0.5) is 13.2 Å². The lowest BCUT2D eigenvalue weighted by Gasteiger charge is -2.06. The second-order valence-electron chi connectivity index (χ2n) is 2.97. The molecule has 1 aromatic heterocycles. The van der Waals surface area contributed by atoms with Crippen molar-refractivity contribution in [3.8, 4) is 11.6 Å². The zero-order chi connectivity index (χ0) is 12.4. The SMILES string of the molecule is Fc1ccc(Oc2nc(Cl)ncc2F)c(F)c1. The smallest absolute Gasteiger partial charge is 0.260 e. The van der Waals surface area contributed by atoms with Crippen molar-refractivity contribution in [2.75, 3.05) is 0 Å². The number of aromatic nitrogens is 2. The van der Waals surface area contributed by atoms with Gasteiger partial charge < -0.3 is 4.74 Å². The molecule has 17 heavy (non-hydrogen) atoms. The molecule has 0 amide bonds. The molecule has 0 saturated heterocycles. The van der Waals surface area contributed by atoms with Crippen LogP contribution in [0.3, 0.4) is 0 Å². The van der Waals surface area contributed by atoms with Gasteiger partial charge in [-0.1, -0.05) is 0 Å². The van der Waals surface area contributed by atoms with Crippen LogP contribution in [0.2, 0.25) is 5.28 Å². The molecule has 0 atom stereocenters. The van der Waals surface area contributed by atoms with E-state index in [4.69, 9.17) is 16.3 Å². The van der Waals surface area contributed by atoms with Crippen molar-refractivity contribution in [1.29, 1.82) is 0 Å². The summed E-state index contributed by atoms with van der Waals surface area (Å²) in [6.07, 6.45) is 0.784. The Morgan fingerprint density at radius 3 is 2.59 bits per heavy atom. The van der Waals surface area contributed by atoms with Crippen LogP contribution in [-0.4, -0.2) is 9.97 Å². The Bertz CT molecular complexity index is 565. The predicted octanol–water partition coefficient (Wildman–Crippen LogP) is 3.34. The Balaban J connectivity index is 2.34. The fourth-order valence-corrected chi connectivity index (χ4v) is 1.19. The fraction of sp³-hybridized carbons (Fsp3) is 0. The molecule has 0 unspecified atom stereocenters. The zero-order valence-corrected chi connectivity index (χ0v) is 8.88. The van der Waals surface area contributed by atoms with Crippen molar-refractivity contribution in [1.82, 2.24) is 9.97 Å². The summed E-state index contributed by atoms with van der Waals surface area (Å²) in [4.78, 5) is 6.79. The monoisotopic (exact) mass is 260 g/mol. The Labute approximate surface area is 98.8 Å². The lowest BCUT2D eigenvalue weighted by molar-refractivity contribution is 0.394. The summed E-state index contributed by atoms with van der Waals surface area (Å²) in [6.45, 7) is 0. The molecule has 0 saturated carbocycles. The molecule has 0 radical (unpaired) electrons. The number of hydrogen-bond acceptors (Lipinski definition) is 3. The first kappa shape index (κ1) is 11.7. The van der Waals surface area contributed by atoms with Gasteiger partial charge in [-0.05, 0) is 23.7 Å². The van der Waals surface area contributed by atoms with Crippen LogP contribution in [0.5, 0.6) is 11.6 Å². The fourth-order valence-electron chi connectivity index (χ4n) is 1.06. The average molecular weight is 261 g/mol. The highest BCUT2D eigenvalue weighted by Gasteiger charge is 2.12. The topological polar surface area (TPSA) is 35.0 Å². The third-order valence-electron chi connectivity index (χ3n) is 1.78. The van der Waals surface area contributed by atoms with Crippen molar-refractivity contribution < 1.29 is 17.9 Å². The zero-order valence-electron chi connectivity index (χ0n) is 8.12. The second-order valence-corrected chi connectivity index (χ2v) is 3.31. The Morgan fingerprint density at radius 1 is 1.12 bits per heavy atom. The van der Waals surface area contributed by atoms with Crippen LogP contribution >= 0.6 is 11.6 Å². The molecule has 2 aromatic rings. The van der Waals surface area contributed by atoms with Gasteiger partial charge in [0.15, 0.2) is 11.6 Å². The highest BCUT2D eigenvalue weighted by Crippen LogP contribution is 2.25. The van der Waals surface area contributed by atoms with Crippen molar-refractivity contribution in [3.63, 3.8) is 0 Å². The molecule has 3 nitrogen and oxygen atoms in total. The van der Waals surface area contributed by atoms with Crippen molar-refractivity contribution in [2.24, 2.45) is 0 Å². The molecule has 2 rings (SSSR count). The number of nitrogens with zero attached hydrogens (tertiary/aromatic N) is 2. The summed E-state index contributed by atoms with van der Waals surface area (Å²) >= 11 is 5.43. The van der Waals surface area contributed by atoms with Gasteiger partial charge in [0.2, 0.25) is 11.1 Å². The van der Waals surface area contributed by atoms with Crippen LogP contribution in [0.25, 0.3) is 0 Å². The number of hydrogen-bond donors (Lipinski definition) is 0. The molecule has 0 aliphatic carbocycles. The minimum Gasteiger partial charge on any atom is -0.433 e. The van der Waals surface area contributed by atoms with Gasteiger partial charge in [0.25, 0.3) is 5.88 Å². The molecule has 1 heterocycles. The molecule has 88 valence electrons. The lowest BCUT2D eigenvalue weighted by atomic mass is 10.3. The number of halogens is 4. The maximum Gasteiger partial charge on any atom is 0.260 e. The molecule has 0 N–H and O–H groups in total. The highest BCUT2D eigenvalue weighted by molar-refractivity contribution is 6.28.